The lowest BCUT2D eigenvalue weighted by Gasteiger charge is -2.22. The van der Waals surface area contributed by atoms with E-state index >= 15 is 0 Å². The van der Waals surface area contributed by atoms with Gasteiger partial charge >= 0.3 is 0 Å². The van der Waals surface area contributed by atoms with Crippen molar-refractivity contribution in [1.29, 1.82) is 0 Å². The first-order chi connectivity index (χ1) is 6.15. The highest BCUT2D eigenvalue weighted by molar-refractivity contribution is 5.13. The minimum atomic E-state index is -0.914. The maximum absolute atomic E-state index is 9.51. The average molecular weight is 188 g/mol. The summed E-state index contributed by atoms with van der Waals surface area (Å²) in [5, 5.41) is 37.3. The monoisotopic (exact) mass is 188 g/mol. The fraction of sp³-hybridized carbons (Fsp3) is 0.875. The van der Waals surface area contributed by atoms with Crippen molar-refractivity contribution >= 4 is 0 Å². The third-order valence-corrected chi connectivity index (χ3v) is 2.91. The van der Waals surface area contributed by atoms with Crippen molar-refractivity contribution in [2.75, 3.05) is 13.2 Å². The van der Waals surface area contributed by atoms with Crippen molar-refractivity contribution in [3.8, 4) is 0 Å². The molecule has 0 aromatic heterocycles. The van der Waals surface area contributed by atoms with Gasteiger partial charge in [-0.15, -0.1) is 0 Å². The summed E-state index contributed by atoms with van der Waals surface area (Å²) in [6, 6.07) is -0.695. The van der Waals surface area contributed by atoms with Crippen molar-refractivity contribution in [3.63, 3.8) is 0 Å². The molecule has 5 heteroatoms. The topological polar surface area (TPSA) is 84.2 Å². The molecule has 5 unspecified atom stereocenters. The minimum absolute atomic E-state index is 0.0903. The summed E-state index contributed by atoms with van der Waals surface area (Å²) in [5.41, 5.74) is 0. The molecule has 2 aliphatic rings. The smallest absolute Gasteiger partial charge is 0.0991 e. The van der Waals surface area contributed by atoms with Crippen molar-refractivity contribution in [3.05, 3.63) is 6.42 Å². The molecule has 75 valence electrons. The Hall–Kier alpha value is -0.200. The van der Waals surface area contributed by atoms with Gasteiger partial charge in [-0.05, 0) is 0 Å². The highest BCUT2D eigenvalue weighted by Gasteiger charge is 2.51. The zero-order valence-corrected chi connectivity index (χ0v) is 7.11. The van der Waals surface area contributed by atoms with Gasteiger partial charge in [0.05, 0.1) is 31.0 Å². The van der Waals surface area contributed by atoms with Gasteiger partial charge in [-0.3, -0.25) is 4.90 Å². The molecular formula is C8H14NO4. The predicted octanol–water partition coefficient (Wildman–Crippen LogP) is -2.67. The van der Waals surface area contributed by atoms with E-state index in [4.69, 9.17) is 5.11 Å². The molecule has 2 heterocycles. The molecule has 13 heavy (non-hydrogen) atoms. The summed E-state index contributed by atoms with van der Waals surface area (Å²) in [6.07, 6.45) is -0.894. The summed E-state index contributed by atoms with van der Waals surface area (Å²) in [6.45, 7) is 0.220. The Labute approximate surface area is 76.2 Å². The van der Waals surface area contributed by atoms with Crippen LogP contribution in [0.25, 0.3) is 0 Å². The van der Waals surface area contributed by atoms with Crippen LogP contribution in [0, 0.1) is 6.42 Å². The Morgan fingerprint density at radius 1 is 1.31 bits per heavy atom. The number of hydrogen-bond acceptors (Lipinski definition) is 5. The maximum atomic E-state index is 9.51. The molecule has 0 saturated carbocycles. The Balaban J connectivity index is 2.15. The van der Waals surface area contributed by atoms with Crippen LogP contribution < -0.4 is 0 Å². The second-order valence-electron chi connectivity index (χ2n) is 3.68. The van der Waals surface area contributed by atoms with Crippen LogP contribution in [0.4, 0.5) is 0 Å². The fourth-order valence-electron chi connectivity index (χ4n) is 2.24. The van der Waals surface area contributed by atoms with Crippen LogP contribution >= 0.6 is 0 Å². The lowest BCUT2D eigenvalue weighted by molar-refractivity contribution is 0.0123. The molecule has 4 N–H and O–H groups in total. The standard InChI is InChI=1S/C8H14NO4/c10-3-4-1-5(11)7-8(13)6(12)2-9(4)7/h1,4-8,10-13H,2-3H2. The van der Waals surface area contributed by atoms with E-state index in [1.54, 1.807) is 11.3 Å². The zero-order chi connectivity index (χ0) is 9.59. The summed E-state index contributed by atoms with van der Waals surface area (Å²) in [7, 11) is 0. The quantitative estimate of drug-likeness (QED) is 0.361. The van der Waals surface area contributed by atoms with Crippen LogP contribution in [-0.4, -0.2) is 68.9 Å². The van der Waals surface area contributed by atoms with Gasteiger partial charge in [-0.2, -0.15) is 0 Å². The molecule has 2 rings (SSSR count). The van der Waals surface area contributed by atoms with Crippen molar-refractivity contribution in [2.45, 2.75) is 30.4 Å². The number of nitrogens with zero attached hydrogens (tertiary/aromatic N) is 1. The van der Waals surface area contributed by atoms with E-state index in [2.05, 4.69) is 0 Å². The van der Waals surface area contributed by atoms with E-state index in [1.165, 1.54) is 0 Å². The highest BCUT2D eigenvalue weighted by atomic mass is 16.3. The first-order valence-corrected chi connectivity index (χ1v) is 4.41. The Morgan fingerprint density at radius 2 is 2.00 bits per heavy atom. The molecule has 0 bridgehead atoms. The number of hydrogen-bond donors (Lipinski definition) is 4. The number of aliphatic hydroxyl groups excluding tert-OH is 4. The molecule has 0 aliphatic carbocycles. The Bertz CT molecular complexity index is 201. The van der Waals surface area contributed by atoms with Crippen molar-refractivity contribution < 1.29 is 20.4 Å². The second-order valence-corrected chi connectivity index (χ2v) is 3.68. The zero-order valence-electron chi connectivity index (χ0n) is 7.11. The maximum Gasteiger partial charge on any atom is 0.0991 e. The number of fused-ring (bicyclic) bond motifs is 1. The molecule has 0 amide bonds. The predicted molar refractivity (Wildman–Crippen MR) is 43.7 cm³/mol. The molecule has 5 nitrogen and oxygen atoms in total. The van der Waals surface area contributed by atoms with Crippen molar-refractivity contribution in [2.24, 2.45) is 0 Å². The summed E-state index contributed by atoms with van der Waals surface area (Å²) in [4.78, 5) is 1.74. The fourth-order valence-corrected chi connectivity index (χ4v) is 2.24. The normalized spacial score (nSPS) is 51.2. The Morgan fingerprint density at radius 3 is 2.62 bits per heavy atom. The van der Waals surface area contributed by atoms with Crippen LogP contribution in [0.3, 0.4) is 0 Å². The van der Waals surface area contributed by atoms with E-state index in [0.717, 1.165) is 0 Å². The van der Waals surface area contributed by atoms with E-state index in [-0.39, 0.29) is 12.6 Å². The van der Waals surface area contributed by atoms with Gasteiger partial charge in [-0.1, -0.05) is 0 Å². The van der Waals surface area contributed by atoms with Crippen LogP contribution in [0.15, 0.2) is 0 Å². The van der Waals surface area contributed by atoms with Gasteiger partial charge in [0.1, 0.15) is 0 Å². The lowest BCUT2D eigenvalue weighted by Crippen LogP contribution is -2.40. The molecule has 0 aromatic carbocycles. The van der Waals surface area contributed by atoms with Crippen LogP contribution in [0.2, 0.25) is 0 Å². The number of aliphatic hydroxyl groups is 4. The van der Waals surface area contributed by atoms with Crippen LogP contribution in [0.1, 0.15) is 0 Å². The SMILES string of the molecule is OCC1[CH]C(O)C2C(O)C(O)CN12. The summed E-state index contributed by atoms with van der Waals surface area (Å²) in [5.74, 6) is 0. The highest BCUT2D eigenvalue weighted by Crippen LogP contribution is 2.32. The van der Waals surface area contributed by atoms with E-state index in [1.807, 2.05) is 0 Å². The molecule has 2 fully saturated rings. The van der Waals surface area contributed by atoms with Gasteiger partial charge in [0.15, 0.2) is 0 Å². The molecular weight excluding hydrogens is 174 g/mol. The molecule has 0 spiro atoms. The van der Waals surface area contributed by atoms with Crippen LogP contribution in [0.5, 0.6) is 0 Å². The van der Waals surface area contributed by atoms with Gasteiger partial charge in [0, 0.05) is 19.0 Å². The molecule has 2 aliphatic heterocycles. The molecule has 0 aromatic rings. The first kappa shape index (κ1) is 9.36. The molecule has 1 radical (unpaired) electrons. The van der Waals surface area contributed by atoms with Gasteiger partial charge in [-0.25, -0.2) is 0 Å². The summed E-state index contributed by atoms with van der Waals surface area (Å²) >= 11 is 0. The molecule has 2 saturated heterocycles. The van der Waals surface area contributed by atoms with Gasteiger partial charge in [0.2, 0.25) is 0 Å². The third kappa shape index (κ3) is 1.28. The van der Waals surface area contributed by atoms with Crippen molar-refractivity contribution in [1.82, 2.24) is 4.90 Å². The first-order valence-electron chi connectivity index (χ1n) is 4.41. The second kappa shape index (κ2) is 3.18. The van der Waals surface area contributed by atoms with Gasteiger partial charge in [0.25, 0.3) is 0 Å². The largest absolute Gasteiger partial charge is 0.395 e. The summed E-state index contributed by atoms with van der Waals surface area (Å²) < 4.78 is 0. The lowest BCUT2D eigenvalue weighted by atomic mass is 10.0. The van der Waals surface area contributed by atoms with Crippen LogP contribution in [-0.2, 0) is 0 Å². The minimum Gasteiger partial charge on any atom is -0.395 e. The average Bonchev–Trinajstić information content (AvgIpc) is 2.54. The van der Waals surface area contributed by atoms with E-state index < -0.39 is 24.4 Å². The Kier molecular flexibility index (Phi) is 2.29. The number of rotatable bonds is 1. The van der Waals surface area contributed by atoms with Gasteiger partial charge < -0.3 is 20.4 Å². The third-order valence-electron chi connectivity index (χ3n) is 2.91. The van der Waals surface area contributed by atoms with E-state index in [9.17, 15) is 15.3 Å². The van der Waals surface area contributed by atoms with E-state index in [0.29, 0.717) is 6.54 Å². The molecule has 5 atom stereocenters.